The lowest BCUT2D eigenvalue weighted by Crippen LogP contribution is -2.37. The van der Waals surface area contributed by atoms with Gasteiger partial charge >= 0.3 is 6.03 Å². The Morgan fingerprint density at radius 2 is 2.05 bits per heavy atom. The molecule has 0 radical (unpaired) electrons. The van der Waals surface area contributed by atoms with Gasteiger partial charge in [-0.2, -0.15) is 0 Å². The first-order valence-electron chi connectivity index (χ1n) is 6.13. The van der Waals surface area contributed by atoms with Crippen molar-refractivity contribution in [3.05, 3.63) is 17.0 Å². The summed E-state index contributed by atoms with van der Waals surface area (Å²) in [5, 5.41) is 6.39. The monoisotopic (exact) mass is 285 g/mol. The third-order valence-electron chi connectivity index (χ3n) is 2.51. The number of carbonyl (C=O) groups is 1. The molecule has 0 aliphatic rings. The van der Waals surface area contributed by atoms with E-state index in [1.807, 2.05) is 13.8 Å². The number of urea groups is 1. The number of nitrogens with zero attached hydrogens (tertiary/aromatic N) is 3. The van der Waals surface area contributed by atoms with E-state index in [0.29, 0.717) is 24.1 Å². The number of carbonyl (C=O) groups excluding carboxylic acids is 1. The molecule has 1 rings (SSSR count). The summed E-state index contributed by atoms with van der Waals surface area (Å²) in [7, 11) is 3.40. The molecule has 0 bridgehead atoms. The van der Waals surface area contributed by atoms with Crippen LogP contribution in [-0.4, -0.2) is 48.1 Å². The summed E-state index contributed by atoms with van der Waals surface area (Å²) < 4.78 is 0. The molecular weight excluding hydrogens is 266 g/mol. The Labute approximate surface area is 118 Å². The van der Waals surface area contributed by atoms with Crippen LogP contribution in [0.3, 0.4) is 0 Å². The number of aromatic nitrogens is 2. The number of rotatable bonds is 5. The van der Waals surface area contributed by atoms with Crippen molar-refractivity contribution in [3.8, 4) is 0 Å². The third-order valence-corrected chi connectivity index (χ3v) is 2.81. The molecule has 0 aromatic carbocycles. The van der Waals surface area contributed by atoms with E-state index in [4.69, 9.17) is 11.6 Å². The Morgan fingerprint density at radius 1 is 1.37 bits per heavy atom. The van der Waals surface area contributed by atoms with Crippen molar-refractivity contribution in [2.75, 3.05) is 32.5 Å². The molecule has 19 heavy (non-hydrogen) atoms. The maximum absolute atomic E-state index is 11.3. The van der Waals surface area contributed by atoms with E-state index in [9.17, 15) is 4.79 Å². The van der Waals surface area contributed by atoms with Crippen LogP contribution in [0.25, 0.3) is 0 Å². The highest BCUT2D eigenvalue weighted by Crippen LogP contribution is 2.27. The van der Waals surface area contributed by atoms with Crippen LogP contribution in [0.2, 0.25) is 5.15 Å². The highest BCUT2D eigenvalue weighted by atomic mass is 35.5. The second-order valence-electron chi connectivity index (χ2n) is 4.63. The smallest absolute Gasteiger partial charge is 0.316 e. The first-order valence-corrected chi connectivity index (χ1v) is 6.50. The lowest BCUT2D eigenvalue weighted by Gasteiger charge is -2.15. The molecule has 1 aromatic rings. The second kappa shape index (κ2) is 7.13. The molecule has 0 saturated heterocycles. The summed E-state index contributed by atoms with van der Waals surface area (Å²) >= 11 is 6.06. The van der Waals surface area contributed by atoms with E-state index >= 15 is 0 Å². The van der Waals surface area contributed by atoms with Crippen LogP contribution in [0, 0.1) is 0 Å². The molecule has 2 amide bonds. The van der Waals surface area contributed by atoms with Crippen molar-refractivity contribution < 1.29 is 4.79 Å². The van der Waals surface area contributed by atoms with Gasteiger partial charge in [0.25, 0.3) is 0 Å². The van der Waals surface area contributed by atoms with Gasteiger partial charge in [0.2, 0.25) is 0 Å². The third kappa shape index (κ3) is 4.55. The van der Waals surface area contributed by atoms with Gasteiger partial charge < -0.3 is 15.5 Å². The minimum Gasteiger partial charge on any atom is -0.368 e. The van der Waals surface area contributed by atoms with Crippen LogP contribution in [0.1, 0.15) is 25.3 Å². The van der Waals surface area contributed by atoms with Crippen LogP contribution < -0.4 is 10.6 Å². The average Bonchev–Trinajstić information content (AvgIpc) is 2.33. The standard InChI is InChI=1S/C12H20ClN5O/c1-8(2)9-10(13)16-7-17-11(9)14-5-6-15-12(19)18(3)4/h7-8H,5-6H2,1-4H3,(H,15,19)(H,14,16,17). The van der Waals surface area contributed by atoms with Crippen molar-refractivity contribution in [3.63, 3.8) is 0 Å². The number of hydrogen-bond donors (Lipinski definition) is 2. The summed E-state index contributed by atoms with van der Waals surface area (Å²) in [6.07, 6.45) is 1.43. The van der Waals surface area contributed by atoms with Gasteiger partial charge in [-0.15, -0.1) is 0 Å². The molecule has 1 heterocycles. The number of nitrogens with one attached hydrogen (secondary N) is 2. The van der Waals surface area contributed by atoms with Crippen LogP contribution in [0.5, 0.6) is 0 Å². The van der Waals surface area contributed by atoms with Gasteiger partial charge in [0.1, 0.15) is 17.3 Å². The molecule has 7 heteroatoms. The molecule has 0 saturated carbocycles. The summed E-state index contributed by atoms with van der Waals surface area (Å²) in [6, 6.07) is -0.119. The number of anilines is 1. The Balaban J connectivity index is 2.54. The van der Waals surface area contributed by atoms with Crippen molar-refractivity contribution in [1.29, 1.82) is 0 Å². The molecular formula is C12H20ClN5O. The zero-order chi connectivity index (χ0) is 14.4. The van der Waals surface area contributed by atoms with Crippen molar-refractivity contribution in [2.24, 2.45) is 0 Å². The largest absolute Gasteiger partial charge is 0.368 e. The summed E-state index contributed by atoms with van der Waals surface area (Å²) in [6.45, 7) is 5.15. The van der Waals surface area contributed by atoms with E-state index in [1.165, 1.54) is 11.2 Å². The lowest BCUT2D eigenvalue weighted by molar-refractivity contribution is 0.218. The lowest BCUT2D eigenvalue weighted by atomic mass is 10.1. The Morgan fingerprint density at radius 3 is 2.63 bits per heavy atom. The number of amides is 2. The van der Waals surface area contributed by atoms with Crippen LogP contribution >= 0.6 is 11.6 Å². The van der Waals surface area contributed by atoms with Crippen LogP contribution in [-0.2, 0) is 0 Å². The molecule has 6 nitrogen and oxygen atoms in total. The van der Waals surface area contributed by atoms with Gasteiger partial charge in [-0.1, -0.05) is 25.4 Å². The first kappa shape index (κ1) is 15.5. The fraction of sp³-hybridized carbons (Fsp3) is 0.583. The van der Waals surface area contributed by atoms with E-state index in [1.54, 1.807) is 14.1 Å². The highest BCUT2D eigenvalue weighted by Gasteiger charge is 2.13. The predicted octanol–water partition coefficient (Wildman–Crippen LogP) is 1.94. The van der Waals surface area contributed by atoms with Gasteiger partial charge in [-0.05, 0) is 5.92 Å². The molecule has 0 fully saturated rings. The van der Waals surface area contributed by atoms with Crippen LogP contribution in [0.15, 0.2) is 6.33 Å². The maximum Gasteiger partial charge on any atom is 0.316 e. The Kier molecular flexibility index (Phi) is 5.82. The maximum atomic E-state index is 11.3. The van der Waals surface area contributed by atoms with Crippen molar-refractivity contribution in [1.82, 2.24) is 20.2 Å². The molecule has 1 aromatic heterocycles. The van der Waals surface area contributed by atoms with Gasteiger partial charge in [0.15, 0.2) is 0 Å². The molecule has 0 aliphatic heterocycles. The molecule has 0 unspecified atom stereocenters. The number of hydrogen-bond acceptors (Lipinski definition) is 4. The molecule has 0 aliphatic carbocycles. The molecule has 0 spiro atoms. The average molecular weight is 286 g/mol. The van der Waals surface area contributed by atoms with E-state index in [0.717, 1.165) is 5.56 Å². The molecule has 0 atom stereocenters. The minimum atomic E-state index is -0.119. The second-order valence-corrected chi connectivity index (χ2v) is 4.99. The SMILES string of the molecule is CC(C)c1c(Cl)ncnc1NCCNC(=O)N(C)C. The van der Waals surface area contributed by atoms with Crippen molar-refractivity contribution >= 4 is 23.4 Å². The zero-order valence-electron chi connectivity index (χ0n) is 11.7. The first-order chi connectivity index (χ1) is 8.93. The van der Waals surface area contributed by atoms with Gasteiger partial charge in [-0.3, -0.25) is 0 Å². The Hall–Kier alpha value is -1.56. The predicted molar refractivity (Wildman–Crippen MR) is 76.7 cm³/mol. The van der Waals surface area contributed by atoms with Gasteiger partial charge in [0, 0.05) is 32.7 Å². The Bertz CT molecular complexity index is 436. The fourth-order valence-corrected chi connectivity index (χ4v) is 1.89. The van der Waals surface area contributed by atoms with Gasteiger partial charge in [-0.25, -0.2) is 14.8 Å². The minimum absolute atomic E-state index is 0.119. The summed E-state index contributed by atoms with van der Waals surface area (Å²) in [5.74, 6) is 0.946. The highest BCUT2D eigenvalue weighted by molar-refractivity contribution is 6.30. The van der Waals surface area contributed by atoms with E-state index < -0.39 is 0 Å². The molecule has 2 N–H and O–H groups in total. The fourth-order valence-electron chi connectivity index (χ4n) is 1.54. The van der Waals surface area contributed by atoms with Crippen LogP contribution in [0.4, 0.5) is 10.6 Å². The quantitative estimate of drug-likeness (QED) is 0.641. The normalized spacial score (nSPS) is 10.4. The zero-order valence-corrected chi connectivity index (χ0v) is 12.5. The summed E-state index contributed by atoms with van der Waals surface area (Å²) in [4.78, 5) is 21.0. The summed E-state index contributed by atoms with van der Waals surface area (Å²) in [5.41, 5.74) is 0.892. The molecule has 106 valence electrons. The van der Waals surface area contributed by atoms with E-state index in [-0.39, 0.29) is 11.9 Å². The van der Waals surface area contributed by atoms with Gasteiger partial charge in [0.05, 0.1) is 0 Å². The van der Waals surface area contributed by atoms with E-state index in [2.05, 4.69) is 20.6 Å². The number of halogens is 1. The van der Waals surface area contributed by atoms with Crippen molar-refractivity contribution in [2.45, 2.75) is 19.8 Å². The topological polar surface area (TPSA) is 70.1 Å².